The second-order valence-corrected chi connectivity index (χ2v) is 4.37. The van der Waals surface area contributed by atoms with Crippen LogP contribution in [-0.2, 0) is 11.3 Å². The zero-order chi connectivity index (χ0) is 12.1. The molecule has 4 heteroatoms. The fourth-order valence-corrected chi connectivity index (χ4v) is 2.01. The third-order valence-corrected chi connectivity index (χ3v) is 2.84. The average Bonchev–Trinajstić information content (AvgIpc) is 2.25. The summed E-state index contributed by atoms with van der Waals surface area (Å²) in [6.07, 6.45) is 0.692. The molecule has 0 bridgehead atoms. The van der Waals surface area contributed by atoms with E-state index in [9.17, 15) is 0 Å². The predicted octanol–water partition coefficient (Wildman–Crippen LogP) is 2.90. The van der Waals surface area contributed by atoms with Crippen LogP contribution in [0.5, 0.6) is 5.75 Å². The van der Waals surface area contributed by atoms with Crippen molar-refractivity contribution in [1.29, 1.82) is 0 Å². The van der Waals surface area contributed by atoms with Gasteiger partial charge >= 0.3 is 0 Å². The molecule has 90 valence electrons. The Balaban J connectivity index is 3.05. The Morgan fingerprint density at radius 1 is 1.38 bits per heavy atom. The maximum Gasteiger partial charge on any atom is 0.122 e. The van der Waals surface area contributed by atoms with Crippen LogP contribution in [0.25, 0.3) is 0 Å². The minimum atomic E-state index is 0.376. The smallest absolute Gasteiger partial charge is 0.122 e. The minimum Gasteiger partial charge on any atom is -0.496 e. The first kappa shape index (κ1) is 13.3. The lowest BCUT2D eigenvalue weighted by Gasteiger charge is -2.14. The molecule has 0 saturated heterocycles. The fourth-order valence-electron chi connectivity index (χ4n) is 1.61. The normalized spacial score (nSPS) is 10.9. The third-order valence-electron chi connectivity index (χ3n) is 2.51. The molecule has 0 unspecified atom stereocenters. The van der Waals surface area contributed by atoms with Crippen LogP contribution >= 0.6 is 11.6 Å². The van der Waals surface area contributed by atoms with Crippen molar-refractivity contribution in [3.8, 4) is 5.75 Å². The highest BCUT2D eigenvalue weighted by Gasteiger charge is 2.11. The summed E-state index contributed by atoms with van der Waals surface area (Å²) in [5.41, 5.74) is 2.11. The molecule has 1 aromatic carbocycles. The zero-order valence-corrected chi connectivity index (χ0v) is 10.7. The summed E-state index contributed by atoms with van der Waals surface area (Å²) in [6, 6.07) is 3.91. The number of hydrogen-bond donors (Lipinski definition) is 1. The Morgan fingerprint density at radius 3 is 2.56 bits per heavy atom. The first-order valence-corrected chi connectivity index (χ1v) is 5.66. The largest absolute Gasteiger partial charge is 0.496 e. The topological polar surface area (TPSA) is 44.5 Å². The molecular formula is C12H18ClNO2. The SMILES string of the molecule is COc1cc(C(C)C)c(Cl)cc1CCON. The van der Waals surface area contributed by atoms with Crippen LogP contribution in [0.1, 0.15) is 30.9 Å². The molecular weight excluding hydrogens is 226 g/mol. The van der Waals surface area contributed by atoms with Crippen molar-refractivity contribution >= 4 is 11.6 Å². The molecule has 0 radical (unpaired) electrons. The molecule has 0 aromatic heterocycles. The van der Waals surface area contributed by atoms with Crippen molar-refractivity contribution < 1.29 is 9.57 Å². The second kappa shape index (κ2) is 6.09. The summed E-state index contributed by atoms with van der Waals surface area (Å²) in [5, 5.41) is 0.767. The minimum absolute atomic E-state index is 0.376. The number of rotatable bonds is 5. The van der Waals surface area contributed by atoms with Gasteiger partial charge in [-0.25, -0.2) is 5.90 Å². The molecule has 0 amide bonds. The zero-order valence-electron chi connectivity index (χ0n) is 9.92. The molecule has 2 N–H and O–H groups in total. The van der Waals surface area contributed by atoms with Crippen molar-refractivity contribution in [1.82, 2.24) is 0 Å². The first-order valence-electron chi connectivity index (χ1n) is 5.28. The highest BCUT2D eigenvalue weighted by atomic mass is 35.5. The maximum atomic E-state index is 6.20. The molecule has 0 saturated carbocycles. The van der Waals surface area contributed by atoms with E-state index in [-0.39, 0.29) is 0 Å². The fraction of sp³-hybridized carbons (Fsp3) is 0.500. The Kier molecular flexibility index (Phi) is 5.06. The van der Waals surface area contributed by atoms with Gasteiger partial charge in [-0.2, -0.15) is 0 Å². The lowest BCUT2D eigenvalue weighted by molar-refractivity contribution is 0.140. The summed E-state index contributed by atoms with van der Waals surface area (Å²) < 4.78 is 5.33. The first-order chi connectivity index (χ1) is 7.60. The summed E-state index contributed by atoms with van der Waals surface area (Å²) in [4.78, 5) is 4.56. The Bertz CT molecular complexity index is 353. The Labute approximate surface area is 101 Å². The standard InChI is InChI=1S/C12H18ClNO2/c1-8(2)10-7-12(15-3)9(4-5-16-14)6-11(10)13/h6-8H,4-5,14H2,1-3H3. The van der Waals surface area contributed by atoms with Gasteiger partial charge in [0.2, 0.25) is 0 Å². The Morgan fingerprint density at radius 2 is 2.06 bits per heavy atom. The van der Waals surface area contributed by atoms with Crippen LogP contribution in [0.15, 0.2) is 12.1 Å². The van der Waals surface area contributed by atoms with Gasteiger partial charge in [-0.15, -0.1) is 0 Å². The van der Waals surface area contributed by atoms with Gasteiger partial charge < -0.3 is 9.57 Å². The van der Waals surface area contributed by atoms with E-state index in [1.54, 1.807) is 7.11 Å². The van der Waals surface area contributed by atoms with E-state index in [2.05, 4.69) is 18.7 Å². The van der Waals surface area contributed by atoms with Gasteiger partial charge in [-0.3, -0.25) is 0 Å². The van der Waals surface area contributed by atoms with Crippen molar-refractivity contribution in [2.24, 2.45) is 5.90 Å². The number of halogens is 1. The molecule has 0 aliphatic carbocycles. The third kappa shape index (κ3) is 3.11. The highest BCUT2D eigenvalue weighted by Crippen LogP contribution is 2.31. The highest BCUT2D eigenvalue weighted by molar-refractivity contribution is 6.31. The number of ether oxygens (including phenoxy) is 1. The molecule has 0 aliphatic heterocycles. The van der Waals surface area contributed by atoms with E-state index in [0.29, 0.717) is 18.9 Å². The summed E-state index contributed by atoms with van der Waals surface area (Å²) in [7, 11) is 1.65. The summed E-state index contributed by atoms with van der Waals surface area (Å²) in [6.45, 7) is 4.65. The number of methoxy groups -OCH3 is 1. The van der Waals surface area contributed by atoms with Crippen LogP contribution in [0.3, 0.4) is 0 Å². The van der Waals surface area contributed by atoms with Gasteiger partial charge in [-0.1, -0.05) is 25.4 Å². The maximum absolute atomic E-state index is 6.20. The van der Waals surface area contributed by atoms with Crippen molar-refractivity contribution in [2.45, 2.75) is 26.2 Å². The van der Waals surface area contributed by atoms with E-state index < -0.39 is 0 Å². The lowest BCUT2D eigenvalue weighted by atomic mass is 9.99. The van der Waals surface area contributed by atoms with Crippen LogP contribution in [0, 0.1) is 0 Å². The Hall–Kier alpha value is -0.770. The van der Waals surface area contributed by atoms with Gasteiger partial charge in [-0.05, 0) is 29.2 Å². The van der Waals surface area contributed by atoms with E-state index in [0.717, 1.165) is 21.9 Å². The molecule has 16 heavy (non-hydrogen) atoms. The van der Waals surface area contributed by atoms with E-state index in [1.165, 1.54) is 0 Å². The quantitative estimate of drug-likeness (QED) is 0.809. The van der Waals surface area contributed by atoms with Gasteiger partial charge in [0.15, 0.2) is 0 Å². The molecule has 0 heterocycles. The summed E-state index contributed by atoms with van der Waals surface area (Å²) in [5.74, 6) is 6.22. The average molecular weight is 244 g/mol. The number of benzene rings is 1. The van der Waals surface area contributed by atoms with Crippen LogP contribution < -0.4 is 10.6 Å². The monoisotopic (exact) mass is 243 g/mol. The van der Waals surface area contributed by atoms with Crippen molar-refractivity contribution in [2.75, 3.05) is 13.7 Å². The van der Waals surface area contributed by atoms with Gasteiger partial charge in [0, 0.05) is 11.4 Å². The number of hydrogen-bond acceptors (Lipinski definition) is 3. The van der Waals surface area contributed by atoms with Gasteiger partial charge in [0.1, 0.15) is 5.75 Å². The molecule has 0 spiro atoms. The van der Waals surface area contributed by atoms with Crippen molar-refractivity contribution in [3.63, 3.8) is 0 Å². The van der Waals surface area contributed by atoms with E-state index >= 15 is 0 Å². The summed E-state index contributed by atoms with van der Waals surface area (Å²) >= 11 is 6.20. The van der Waals surface area contributed by atoms with Gasteiger partial charge in [0.25, 0.3) is 0 Å². The van der Waals surface area contributed by atoms with Crippen LogP contribution in [0.4, 0.5) is 0 Å². The molecule has 0 fully saturated rings. The predicted molar refractivity (Wildman–Crippen MR) is 65.9 cm³/mol. The molecule has 1 aromatic rings. The molecule has 3 nitrogen and oxygen atoms in total. The lowest BCUT2D eigenvalue weighted by Crippen LogP contribution is -2.05. The van der Waals surface area contributed by atoms with Crippen LogP contribution in [-0.4, -0.2) is 13.7 Å². The van der Waals surface area contributed by atoms with Crippen molar-refractivity contribution in [3.05, 3.63) is 28.3 Å². The molecule has 1 rings (SSSR count). The van der Waals surface area contributed by atoms with Gasteiger partial charge in [0.05, 0.1) is 13.7 Å². The van der Waals surface area contributed by atoms with E-state index in [4.69, 9.17) is 22.2 Å². The second-order valence-electron chi connectivity index (χ2n) is 3.96. The van der Waals surface area contributed by atoms with Crippen LogP contribution in [0.2, 0.25) is 5.02 Å². The van der Waals surface area contributed by atoms with E-state index in [1.807, 2.05) is 12.1 Å². The molecule has 0 atom stereocenters. The number of nitrogens with two attached hydrogens (primary N) is 1. The molecule has 0 aliphatic rings.